The first-order valence-corrected chi connectivity index (χ1v) is 5.98. The van der Waals surface area contributed by atoms with Gasteiger partial charge in [-0.25, -0.2) is 10.1 Å². The summed E-state index contributed by atoms with van der Waals surface area (Å²) in [5.41, 5.74) is 0.214. The Hall–Kier alpha value is -1.86. The minimum atomic E-state index is -0.864. The highest BCUT2D eigenvalue weighted by atomic mass is 35.5. The molecule has 0 atom stereocenters. The molecule has 1 heterocycles. The second kappa shape index (κ2) is 5.41. The average molecular weight is 303 g/mol. The number of hydrogen-bond donors (Lipinski definition) is 1. The smallest absolute Gasteiger partial charge is 0.278 e. The van der Waals surface area contributed by atoms with Crippen molar-refractivity contribution in [2.75, 3.05) is 13.1 Å². The second-order valence-electron chi connectivity index (χ2n) is 3.67. The van der Waals surface area contributed by atoms with E-state index in [0.717, 1.165) is 4.90 Å². The zero-order valence-corrected chi connectivity index (χ0v) is 11.0. The van der Waals surface area contributed by atoms with Crippen molar-refractivity contribution in [3.8, 4) is 0 Å². The number of rotatable bonds is 2. The van der Waals surface area contributed by atoms with Crippen LogP contribution in [0, 0.1) is 10.1 Å². The van der Waals surface area contributed by atoms with Crippen molar-refractivity contribution in [3.05, 3.63) is 43.9 Å². The summed E-state index contributed by atoms with van der Waals surface area (Å²) >= 11 is 11.7. The molecule has 9 heteroatoms. The van der Waals surface area contributed by atoms with Crippen LogP contribution in [-0.2, 0) is 0 Å². The molecule has 0 saturated carbocycles. The minimum Gasteiger partial charge on any atom is -0.349 e. The third-order valence-electron chi connectivity index (χ3n) is 2.46. The van der Waals surface area contributed by atoms with Crippen LogP contribution in [0.1, 0.15) is 10.4 Å². The number of carbonyl (C=O) groups excluding carboxylic acids is 1. The van der Waals surface area contributed by atoms with Crippen molar-refractivity contribution in [1.82, 2.24) is 10.2 Å². The monoisotopic (exact) mass is 302 g/mol. The third kappa shape index (κ3) is 2.94. The molecular weight excluding hydrogens is 295 g/mol. The summed E-state index contributed by atoms with van der Waals surface area (Å²) in [5.74, 6) is -0.562. The first kappa shape index (κ1) is 13.6. The van der Waals surface area contributed by atoms with Crippen molar-refractivity contribution < 1.29 is 9.83 Å². The average Bonchev–Trinajstić information content (AvgIpc) is 2.75. The van der Waals surface area contributed by atoms with Gasteiger partial charge in [-0.2, -0.15) is 0 Å². The molecule has 1 fully saturated rings. The molecule has 0 radical (unpaired) electrons. The Labute approximate surface area is 117 Å². The van der Waals surface area contributed by atoms with Gasteiger partial charge in [0.2, 0.25) is 0 Å². The van der Waals surface area contributed by atoms with E-state index in [-0.39, 0.29) is 23.1 Å². The molecule has 19 heavy (non-hydrogen) atoms. The molecule has 1 aliphatic rings. The van der Waals surface area contributed by atoms with Gasteiger partial charge in [0.15, 0.2) is 5.03 Å². The van der Waals surface area contributed by atoms with E-state index in [2.05, 4.69) is 10.4 Å². The lowest BCUT2D eigenvalue weighted by Crippen LogP contribution is -2.36. The number of hydrazone groups is 1. The number of nitrogens with zero attached hydrogens (tertiary/aromatic N) is 3. The topological polar surface area (TPSA) is 87.8 Å². The van der Waals surface area contributed by atoms with Crippen molar-refractivity contribution in [2.45, 2.75) is 0 Å². The molecule has 1 aliphatic heterocycles. The highest BCUT2D eigenvalue weighted by molar-refractivity contribution is 6.37. The molecule has 100 valence electrons. The summed E-state index contributed by atoms with van der Waals surface area (Å²) in [6.45, 7) is 0.675. The molecule has 1 aromatic carbocycles. The summed E-state index contributed by atoms with van der Waals surface area (Å²) < 4.78 is 0. The maximum atomic E-state index is 12.2. The van der Waals surface area contributed by atoms with Gasteiger partial charge >= 0.3 is 0 Å². The van der Waals surface area contributed by atoms with Crippen LogP contribution in [-0.4, -0.2) is 34.9 Å². The van der Waals surface area contributed by atoms with Gasteiger partial charge in [0.25, 0.3) is 11.9 Å². The SMILES string of the molecule is O=C(c1ccc(Cl)cc1Cl)N1CCN/C1=N\[N+](=O)[O-]. The Morgan fingerprint density at radius 1 is 1.47 bits per heavy atom. The van der Waals surface area contributed by atoms with E-state index in [1.807, 2.05) is 0 Å². The number of hydrogen-bond acceptors (Lipinski definition) is 3. The fourth-order valence-electron chi connectivity index (χ4n) is 1.65. The largest absolute Gasteiger partial charge is 0.349 e. The predicted octanol–water partition coefficient (Wildman–Crippen LogP) is 1.59. The molecule has 0 aromatic heterocycles. The minimum absolute atomic E-state index is 0.0963. The Morgan fingerprint density at radius 2 is 2.21 bits per heavy atom. The predicted molar refractivity (Wildman–Crippen MR) is 69.9 cm³/mol. The van der Waals surface area contributed by atoms with Crippen molar-refractivity contribution >= 4 is 35.1 Å². The quantitative estimate of drug-likeness (QED) is 0.664. The number of guanidine groups is 1. The standard InChI is InChI=1S/C10H8Cl2N4O3/c11-6-1-2-7(8(12)5-6)9(17)15-4-3-13-10(15)14-16(18)19/h1-2,5H,3-4H2,(H,13,14). The fourth-order valence-corrected chi connectivity index (χ4v) is 2.14. The van der Waals surface area contributed by atoms with E-state index in [0.29, 0.717) is 11.6 Å². The Morgan fingerprint density at radius 3 is 2.84 bits per heavy atom. The van der Waals surface area contributed by atoms with Crippen LogP contribution in [0.5, 0.6) is 0 Å². The van der Waals surface area contributed by atoms with Crippen LogP contribution in [0.25, 0.3) is 0 Å². The molecule has 0 aliphatic carbocycles. The van der Waals surface area contributed by atoms with Crippen molar-refractivity contribution in [3.63, 3.8) is 0 Å². The Balaban J connectivity index is 2.31. The van der Waals surface area contributed by atoms with Gasteiger partial charge in [-0.3, -0.25) is 9.69 Å². The first-order chi connectivity index (χ1) is 8.99. The number of halogens is 2. The van der Waals surface area contributed by atoms with Gasteiger partial charge in [-0.15, -0.1) is 0 Å². The first-order valence-electron chi connectivity index (χ1n) is 5.23. The fraction of sp³-hybridized carbons (Fsp3) is 0.200. The van der Waals surface area contributed by atoms with Gasteiger partial charge < -0.3 is 5.32 Å². The van der Waals surface area contributed by atoms with Gasteiger partial charge in [-0.05, 0) is 18.2 Å². The second-order valence-corrected chi connectivity index (χ2v) is 4.51. The van der Waals surface area contributed by atoms with Crippen molar-refractivity contribution in [2.24, 2.45) is 5.10 Å². The molecule has 0 spiro atoms. The van der Waals surface area contributed by atoms with Crippen LogP contribution in [0.15, 0.2) is 23.3 Å². The lowest BCUT2D eigenvalue weighted by atomic mass is 10.2. The van der Waals surface area contributed by atoms with Crippen molar-refractivity contribution in [1.29, 1.82) is 0 Å². The normalized spacial score (nSPS) is 16.5. The number of nitro groups is 1. The van der Waals surface area contributed by atoms with Gasteiger partial charge in [-0.1, -0.05) is 23.2 Å². The number of benzene rings is 1. The molecule has 0 unspecified atom stereocenters. The zero-order valence-electron chi connectivity index (χ0n) is 9.47. The lowest BCUT2D eigenvalue weighted by Gasteiger charge is -2.14. The highest BCUT2D eigenvalue weighted by Crippen LogP contribution is 2.22. The van der Waals surface area contributed by atoms with E-state index in [1.54, 1.807) is 0 Å². The molecule has 2 rings (SSSR count). The van der Waals surface area contributed by atoms with Crippen LogP contribution in [0.2, 0.25) is 10.0 Å². The van der Waals surface area contributed by atoms with E-state index in [4.69, 9.17) is 23.2 Å². The lowest BCUT2D eigenvalue weighted by molar-refractivity contribution is -0.485. The van der Waals surface area contributed by atoms with Crippen LogP contribution >= 0.6 is 23.2 Å². The Kier molecular flexibility index (Phi) is 3.87. The molecular formula is C10H8Cl2N4O3. The van der Waals surface area contributed by atoms with E-state index >= 15 is 0 Å². The molecule has 1 amide bonds. The van der Waals surface area contributed by atoms with Crippen LogP contribution < -0.4 is 5.32 Å². The number of carbonyl (C=O) groups is 1. The summed E-state index contributed by atoms with van der Waals surface area (Å²) in [7, 11) is 0. The highest BCUT2D eigenvalue weighted by Gasteiger charge is 2.29. The molecule has 0 bridgehead atoms. The third-order valence-corrected chi connectivity index (χ3v) is 3.01. The van der Waals surface area contributed by atoms with E-state index in [9.17, 15) is 14.9 Å². The summed E-state index contributed by atoms with van der Waals surface area (Å²) in [6.07, 6.45) is 0. The molecule has 1 saturated heterocycles. The zero-order chi connectivity index (χ0) is 14.0. The maximum Gasteiger partial charge on any atom is 0.278 e. The van der Waals surface area contributed by atoms with Gasteiger partial charge in [0.1, 0.15) is 5.10 Å². The molecule has 1 aromatic rings. The van der Waals surface area contributed by atoms with Crippen LogP contribution in [0.4, 0.5) is 0 Å². The van der Waals surface area contributed by atoms with Crippen LogP contribution in [0.3, 0.4) is 0 Å². The van der Waals surface area contributed by atoms with E-state index in [1.165, 1.54) is 18.2 Å². The summed E-state index contributed by atoms with van der Waals surface area (Å²) in [6, 6.07) is 4.42. The molecule has 7 nitrogen and oxygen atoms in total. The molecule has 1 N–H and O–H groups in total. The summed E-state index contributed by atoms with van der Waals surface area (Å²) in [4.78, 5) is 23.8. The van der Waals surface area contributed by atoms with Gasteiger partial charge in [0.05, 0.1) is 10.6 Å². The van der Waals surface area contributed by atoms with E-state index < -0.39 is 10.9 Å². The summed E-state index contributed by atoms with van der Waals surface area (Å²) in [5, 5.41) is 15.9. The number of nitrogens with one attached hydrogen (secondary N) is 1. The maximum absolute atomic E-state index is 12.2. The van der Waals surface area contributed by atoms with Gasteiger partial charge in [0, 0.05) is 18.1 Å². The number of amides is 1. The Bertz CT molecular complexity index is 576.